The highest BCUT2D eigenvalue weighted by atomic mass is 16.5. The van der Waals surface area contributed by atoms with Gasteiger partial charge in [0.15, 0.2) is 0 Å². The van der Waals surface area contributed by atoms with Crippen LogP contribution in [0.25, 0.3) is 0 Å². The molecule has 1 amide bonds. The summed E-state index contributed by atoms with van der Waals surface area (Å²) in [6.07, 6.45) is 5.65. The minimum Gasteiger partial charge on any atom is -0.437 e. The fraction of sp³-hybridized carbons (Fsp3) is 0.450. The molecule has 1 fully saturated rings. The highest BCUT2D eigenvalue weighted by molar-refractivity contribution is 5.76. The van der Waals surface area contributed by atoms with Crippen molar-refractivity contribution in [2.45, 2.75) is 32.1 Å². The van der Waals surface area contributed by atoms with Gasteiger partial charge in [-0.25, -0.2) is 4.98 Å². The molecule has 138 valence electrons. The van der Waals surface area contributed by atoms with E-state index >= 15 is 0 Å². The number of benzene rings is 1. The largest absolute Gasteiger partial charge is 0.437 e. The summed E-state index contributed by atoms with van der Waals surface area (Å²) in [5.74, 6) is 1.52. The molecule has 1 atom stereocenters. The topological polar surface area (TPSA) is 64.5 Å². The molecule has 1 aromatic carbocycles. The summed E-state index contributed by atoms with van der Waals surface area (Å²) in [5, 5.41) is 0. The standard InChI is InChI=1S/C20H25N3O3/c1-15-5-3-7-17(13-15)26-20-19(21-9-10-22-20)16-6-4-11-23(14-16)18(24)8-12-25-2/h3,5,7,9-10,13,16H,4,6,8,11-12,14H2,1-2H3/t16-/m0/s1. The maximum absolute atomic E-state index is 12.3. The van der Waals surface area contributed by atoms with Gasteiger partial charge in [-0.3, -0.25) is 9.78 Å². The molecule has 6 nitrogen and oxygen atoms in total. The van der Waals surface area contributed by atoms with Gasteiger partial charge in [-0.05, 0) is 37.5 Å². The van der Waals surface area contributed by atoms with E-state index in [9.17, 15) is 4.79 Å². The predicted molar refractivity (Wildman–Crippen MR) is 98.3 cm³/mol. The van der Waals surface area contributed by atoms with Crippen molar-refractivity contribution >= 4 is 5.91 Å². The molecule has 6 heteroatoms. The van der Waals surface area contributed by atoms with E-state index in [1.807, 2.05) is 36.1 Å². The smallest absolute Gasteiger partial charge is 0.241 e. The Morgan fingerprint density at radius 1 is 1.31 bits per heavy atom. The molecule has 0 unspecified atom stereocenters. The average molecular weight is 355 g/mol. The van der Waals surface area contributed by atoms with E-state index in [4.69, 9.17) is 9.47 Å². The Balaban J connectivity index is 1.75. The number of carbonyl (C=O) groups is 1. The first-order valence-corrected chi connectivity index (χ1v) is 8.99. The van der Waals surface area contributed by atoms with E-state index in [1.54, 1.807) is 19.5 Å². The fourth-order valence-corrected chi connectivity index (χ4v) is 3.26. The van der Waals surface area contributed by atoms with Crippen molar-refractivity contribution in [2.75, 3.05) is 26.8 Å². The molecule has 0 spiro atoms. The molecule has 0 radical (unpaired) electrons. The molecular formula is C20H25N3O3. The van der Waals surface area contributed by atoms with E-state index in [0.29, 0.717) is 25.5 Å². The maximum atomic E-state index is 12.3. The molecule has 2 aromatic rings. The number of ether oxygens (including phenoxy) is 2. The van der Waals surface area contributed by atoms with Crippen LogP contribution < -0.4 is 4.74 Å². The molecule has 0 N–H and O–H groups in total. The number of nitrogens with zero attached hydrogens (tertiary/aromatic N) is 3. The van der Waals surface area contributed by atoms with Gasteiger partial charge in [0.2, 0.25) is 11.8 Å². The lowest BCUT2D eigenvalue weighted by Gasteiger charge is -2.32. The molecule has 26 heavy (non-hydrogen) atoms. The number of aromatic nitrogens is 2. The average Bonchev–Trinajstić information content (AvgIpc) is 2.66. The van der Waals surface area contributed by atoms with Crippen LogP contribution in [-0.4, -0.2) is 47.6 Å². The van der Waals surface area contributed by atoms with Gasteiger partial charge in [-0.1, -0.05) is 12.1 Å². The molecule has 1 aromatic heterocycles. The highest BCUT2D eigenvalue weighted by Crippen LogP contribution is 2.32. The molecule has 0 saturated carbocycles. The zero-order valence-corrected chi connectivity index (χ0v) is 15.4. The molecule has 0 aliphatic carbocycles. The molecule has 1 aliphatic heterocycles. The van der Waals surface area contributed by atoms with E-state index < -0.39 is 0 Å². The monoisotopic (exact) mass is 355 g/mol. The van der Waals surface area contributed by atoms with Crippen LogP contribution in [0.3, 0.4) is 0 Å². The van der Waals surface area contributed by atoms with E-state index in [1.165, 1.54) is 0 Å². The Kier molecular flexibility index (Phi) is 6.17. The second-order valence-electron chi connectivity index (χ2n) is 6.59. The van der Waals surface area contributed by atoms with E-state index in [-0.39, 0.29) is 11.8 Å². The van der Waals surface area contributed by atoms with Crippen LogP contribution in [0.2, 0.25) is 0 Å². The van der Waals surface area contributed by atoms with Crippen molar-refractivity contribution < 1.29 is 14.3 Å². The van der Waals surface area contributed by atoms with E-state index in [0.717, 1.165) is 36.4 Å². The third-order valence-corrected chi connectivity index (χ3v) is 4.58. The van der Waals surface area contributed by atoms with Crippen LogP contribution in [0.1, 0.15) is 36.4 Å². The normalized spacial score (nSPS) is 17.2. The number of carbonyl (C=O) groups excluding carboxylic acids is 1. The molecule has 1 saturated heterocycles. The van der Waals surface area contributed by atoms with Gasteiger partial charge in [-0.15, -0.1) is 0 Å². The SMILES string of the molecule is COCCC(=O)N1CCC[C@H](c2nccnc2Oc2cccc(C)c2)C1. The van der Waals surface area contributed by atoms with Gasteiger partial charge in [-0.2, -0.15) is 0 Å². The van der Waals surface area contributed by atoms with Crippen molar-refractivity contribution in [2.24, 2.45) is 0 Å². The highest BCUT2D eigenvalue weighted by Gasteiger charge is 2.28. The molecule has 2 heterocycles. The lowest BCUT2D eigenvalue weighted by atomic mass is 9.94. The first-order valence-electron chi connectivity index (χ1n) is 8.99. The number of methoxy groups -OCH3 is 1. The second-order valence-corrected chi connectivity index (χ2v) is 6.59. The summed E-state index contributed by atoms with van der Waals surface area (Å²) in [4.78, 5) is 23.1. The predicted octanol–water partition coefficient (Wildman–Crippen LogP) is 3.32. The van der Waals surface area contributed by atoms with Crippen molar-refractivity contribution in [3.05, 3.63) is 47.9 Å². The lowest BCUT2D eigenvalue weighted by Crippen LogP contribution is -2.39. The Morgan fingerprint density at radius 2 is 2.15 bits per heavy atom. The van der Waals surface area contributed by atoms with Crippen LogP contribution in [0, 0.1) is 6.92 Å². The summed E-state index contributed by atoms with van der Waals surface area (Å²) in [6, 6.07) is 7.86. The molecule has 3 rings (SSSR count). The second kappa shape index (κ2) is 8.76. The van der Waals surface area contributed by atoms with Gasteiger partial charge >= 0.3 is 0 Å². The van der Waals surface area contributed by atoms with Crippen molar-refractivity contribution in [3.63, 3.8) is 0 Å². The van der Waals surface area contributed by atoms with Crippen LogP contribution in [0.15, 0.2) is 36.7 Å². The Labute approximate surface area is 154 Å². The minimum atomic E-state index is 0.126. The van der Waals surface area contributed by atoms with Crippen LogP contribution in [0.4, 0.5) is 0 Å². The third kappa shape index (κ3) is 4.58. The lowest BCUT2D eigenvalue weighted by molar-refractivity contribution is -0.133. The van der Waals surface area contributed by atoms with E-state index in [2.05, 4.69) is 9.97 Å². The number of piperidine rings is 1. The van der Waals surface area contributed by atoms with Crippen LogP contribution in [0.5, 0.6) is 11.6 Å². The van der Waals surface area contributed by atoms with Crippen molar-refractivity contribution in [1.82, 2.24) is 14.9 Å². The third-order valence-electron chi connectivity index (χ3n) is 4.58. The summed E-state index contributed by atoms with van der Waals surface area (Å²) in [6.45, 7) is 3.90. The number of rotatable bonds is 6. The first kappa shape index (κ1) is 18.3. The Bertz CT molecular complexity index is 751. The number of aryl methyl sites for hydroxylation is 1. The quantitative estimate of drug-likeness (QED) is 0.795. The molecule has 0 bridgehead atoms. The zero-order valence-electron chi connectivity index (χ0n) is 15.4. The number of amides is 1. The van der Waals surface area contributed by atoms with Gasteiger partial charge < -0.3 is 14.4 Å². The number of hydrogen-bond donors (Lipinski definition) is 0. The summed E-state index contributed by atoms with van der Waals surface area (Å²) >= 11 is 0. The number of likely N-dealkylation sites (tertiary alicyclic amines) is 1. The number of hydrogen-bond acceptors (Lipinski definition) is 5. The molecular weight excluding hydrogens is 330 g/mol. The van der Waals surface area contributed by atoms with Crippen LogP contribution >= 0.6 is 0 Å². The van der Waals surface area contributed by atoms with Crippen LogP contribution in [-0.2, 0) is 9.53 Å². The summed E-state index contributed by atoms with van der Waals surface area (Å²) in [7, 11) is 1.61. The van der Waals surface area contributed by atoms with Gasteiger partial charge in [0.25, 0.3) is 0 Å². The van der Waals surface area contributed by atoms with Gasteiger partial charge in [0, 0.05) is 38.5 Å². The zero-order chi connectivity index (χ0) is 18.4. The minimum absolute atomic E-state index is 0.126. The first-order chi connectivity index (χ1) is 12.7. The van der Waals surface area contributed by atoms with Gasteiger partial charge in [0.1, 0.15) is 11.4 Å². The van der Waals surface area contributed by atoms with Crippen molar-refractivity contribution in [1.29, 1.82) is 0 Å². The summed E-state index contributed by atoms with van der Waals surface area (Å²) in [5.41, 5.74) is 1.94. The fourth-order valence-electron chi connectivity index (χ4n) is 3.26. The Morgan fingerprint density at radius 3 is 2.96 bits per heavy atom. The summed E-state index contributed by atoms with van der Waals surface area (Å²) < 4.78 is 11.0. The molecule has 1 aliphatic rings. The Hall–Kier alpha value is -2.47. The van der Waals surface area contributed by atoms with Gasteiger partial charge in [0.05, 0.1) is 13.0 Å². The van der Waals surface area contributed by atoms with Crippen molar-refractivity contribution in [3.8, 4) is 11.6 Å². The maximum Gasteiger partial charge on any atom is 0.241 e.